The summed E-state index contributed by atoms with van der Waals surface area (Å²) in [6, 6.07) is 8.56. The molecule has 150 valence electrons. The van der Waals surface area contributed by atoms with E-state index in [0.29, 0.717) is 5.69 Å². The van der Waals surface area contributed by atoms with Gasteiger partial charge in [0, 0.05) is 5.69 Å². The van der Waals surface area contributed by atoms with Gasteiger partial charge in [0.15, 0.2) is 0 Å². The summed E-state index contributed by atoms with van der Waals surface area (Å²) in [6.45, 7) is 2.46. The summed E-state index contributed by atoms with van der Waals surface area (Å²) in [4.78, 5) is 28.6. The number of esters is 1. The van der Waals surface area contributed by atoms with Gasteiger partial charge in [-0.2, -0.15) is 13.2 Å². The molecule has 10 heteroatoms. The van der Waals surface area contributed by atoms with Crippen LogP contribution in [0, 0.1) is 12.7 Å². The van der Waals surface area contributed by atoms with Gasteiger partial charge in [-0.15, -0.1) is 0 Å². The van der Waals surface area contributed by atoms with Crippen LogP contribution < -0.4 is 10.6 Å². The molecular formula is C18H17F4N3O3. The van der Waals surface area contributed by atoms with E-state index in [1.54, 1.807) is 5.32 Å². The van der Waals surface area contributed by atoms with Gasteiger partial charge in [-0.05, 0) is 38.1 Å². The quantitative estimate of drug-likeness (QED) is 0.443. The number of amides is 1. The first-order valence-corrected chi connectivity index (χ1v) is 8.13. The number of nitrogens with one attached hydrogen (secondary N) is 2. The van der Waals surface area contributed by atoms with E-state index >= 15 is 0 Å². The number of carbonyl (C=O) groups excluding carboxylic acids is 2. The monoisotopic (exact) mass is 399 g/mol. The highest BCUT2D eigenvalue weighted by Crippen LogP contribution is 2.33. The standard InChI is InChI=1S/C18H17F4N3O3/c1-3-28-16(27)17(18(20,21)22,24-14-10-6-7-11(2)23-14)25-15(26)12-8-4-5-9-13(12)19/h4-10H,3H2,1-2H3,(H,23,24)(H,25,26). The van der Waals surface area contributed by atoms with Crippen molar-refractivity contribution in [1.82, 2.24) is 10.3 Å². The topological polar surface area (TPSA) is 80.3 Å². The lowest BCUT2D eigenvalue weighted by molar-refractivity contribution is -0.204. The number of hydrogen-bond donors (Lipinski definition) is 2. The number of ether oxygens (including phenoxy) is 1. The highest BCUT2D eigenvalue weighted by molar-refractivity contribution is 5.99. The third-order valence-electron chi connectivity index (χ3n) is 3.63. The van der Waals surface area contributed by atoms with Gasteiger partial charge in [0.05, 0.1) is 12.2 Å². The fourth-order valence-electron chi connectivity index (χ4n) is 2.32. The Hall–Kier alpha value is -3.17. The van der Waals surface area contributed by atoms with Crippen molar-refractivity contribution in [3.63, 3.8) is 0 Å². The van der Waals surface area contributed by atoms with Gasteiger partial charge in [-0.3, -0.25) is 4.79 Å². The maximum absolute atomic E-state index is 14.0. The SMILES string of the molecule is CCOC(=O)C(NC(=O)c1ccccc1F)(Nc1cccc(C)n1)C(F)(F)F. The predicted octanol–water partition coefficient (Wildman–Crippen LogP) is 3.19. The van der Waals surface area contributed by atoms with Crippen LogP contribution in [0.5, 0.6) is 0 Å². The number of hydrogen-bond acceptors (Lipinski definition) is 5. The van der Waals surface area contributed by atoms with Gasteiger partial charge in [-0.1, -0.05) is 18.2 Å². The second-order valence-electron chi connectivity index (χ2n) is 5.69. The minimum absolute atomic E-state index is 0.334. The van der Waals surface area contributed by atoms with Crippen LogP contribution in [0.2, 0.25) is 0 Å². The van der Waals surface area contributed by atoms with E-state index in [-0.39, 0.29) is 12.4 Å². The Morgan fingerprint density at radius 2 is 1.79 bits per heavy atom. The first-order valence-electron chi connectivity index (χ1n) is 8.13. The van der Waals surface area contributed by atoms with Crippen molar-refractivity contribution in [2.24, 2.45) is 0 Å². The fraction of sp³-hybridized carbons (Fsp3) is 0.278. The van der Waals surface area contributed by atoms with Gasteiger partial charge >= 0.3 is 17.8 Å². The van der Waals surface area contributed by atoms with Crippen molar-refractivity contribution in [3.05, 3.63) is 59.5 Å². The van der Waals surface area contributed by atoms with E-state index in [1.807, 2.05) is 5.32 Å². The van der Waals surface area contributed by atoms with Crippen LogP contribution >= 0.6 is 0 Å². The molecule has 0 aliphatic heterocycles. The molecule has 0 aliphatic rings. The number of nitrogens with zero attached hydrogens (tertiary/aromatic N) is 1. The Morgan fingerprint density at radius 1 is 1.11 bits per heavy atom. The van der Waals surface area contributed by atoms with Crippen LogP contribution in [0.3, 0.4) is 0 Å². The van der Waals surface area contributed by atoms with Crippen LogP contribution in [0.4, 0.5) is 23.4 Å². The number of benzene rings is 1. The first-order chi connectivity index (χ1) is 13.1. The number of aryl methyl sites for hydroxylation is 1. The summed E-state index contributed by atoms with van der Waals surface area (Å²) in [6.07, 6.45) is -5.34. The Balaban J connectivity index is 2.54. The summed E-state index contributed by atoms with van der Waals surface area (Å²) < 4.78 is 60.4. The highest BCUT2D eigenvalue weighted by atomic mass is 19.4. The lowest BCUT2D eigenvalue weighted by atomic mass is 10.1. The molecule has 0 bridgehead atoms. The smallest absolute Gasteiger partial charge is 0.441 e. The molecule has 6 nitrogen and oxygen atoms in total. The Kier molecular flexibility index (Phi) is 6.22. The highest BCUT2D eigenvalue weighted by Gasteiger charge is 2.64. The number of alkyl halides is 3. The molecule has 2 rings (SSSR count). The Morgan fingerprint density at radius 3 is 2.36 bits per heavy atom. The maximum Gasteiger partial charge on any atom is 0.441 e. The second kappa shape index (κ2) is 8.24. The summed E-state index contributed by atoms with van der Waals surface area (Å²) in [5, 5.41) is 3.46. The van der Waals surface area contributed by atoms with E-state index in [4.69, 9.17) is 0 Å². The Bertz CT molecular complexity index is 873. The third-order valence-corrected chi connectivity index (χ3v) is 3.63. The zero-order valence-corrected chi connectivity index (χ0v) is 14.9. The number of halogens is 4. The zero-order chi connectivity index (χ0) is 20.9. The molecule has 0 saturated carbocycles. The lowest BCUT2D eigenvalue weighted by Gasteiger charge is -2.35. The van der Waals surface area contributed by atoms with Crippen molar-refractivity contribution in [2.45, 2.75) is 25.7 Å². The molecule has 0 spiro atoms. The summed E-state index contributed by atoms with van der Waals surface area (Å²) in [5.74, 6) is -4.65. The molecule has 2 N–H and O–H groups in total. The molecule has 0 saturated heterocycles. The molecule has 1 amide bonds. The van der Waals surface area contributed by atoms with Crippen molar-refractivity contribution in [2.75, 3.05) is 11.9 Å². The van der Waals surface area contributed by atoms with Gasteiger partial charge in [0.1, 0.15) is 11.6 Å². The minimum atomic E-state index is -5.34. The van der Waals surface area contributed by atoms with Crippen molar-refractivity contribution < 1.29 is 31.9 Å². The normalized spacial score (nSPS) is 13.4. The lowest BCUT2D eigenvalue weighted by Crippen LogP contribution is -2.69. The van der Waals surface area contributed by atoms with E-state index in [1.165, 1.54) is 44.2 Å². The van der Waals surface area contributed by atoms with Crippen LogP contribution in [0.1, 0.15) is 23.0 Å². The van der Waals surface area contributed by atoms with E-state index in [9.17, 15) is 27.2 Å². The number of aromatic nitrogens is 1. The molecule has 1 aromatic carbocycles. The van der Waals surface area contributed by atoms with E-state index < -0.39 is 35.1 Å². The van der Waals surface area contributed by atoms with Crippen LogP contribution in [0.15, 0.2) is 42.5 Å². The van der Waals surface area contributed by atoms with Gasteiger partial charge in [0.2, 0.25) is 0 Å². The molecule has 1 atom stereocenters. The van der Waals surface area contributed by atoms with Crippen molar-refractivity contribution >= 4 is 17.7 Å². The van der Waals surface area contributed by atoms with Gasteiger partial charge in [0.25, 0.3) is 5.91 Å². The van der Waals surface area contributed by atoms with Crippen molar-refractivity contribution in [3.8, 4) is 0 Å². The van der Waals surface area contributed by atoms with E-state index in [2.05, 4.69) is 9.72 Å². The largest absolute Gasteiger partial charge is 0.463 e. The maximum atomic E-state index is 14.0. The Labute approximate surface area is 157 Å². The average Bonchev–Trinajstić information content (AvgIpc) is 2.60. The van der Waals surface area contributed by atoms with E-state index in [0.717, 1.165) is 12.1 Å². The molecule has 28 heavy (non-hydrogen) atoms. The molecule has 1 unspecified atom stereocenters. The average molecular weight is 399 g/mol. The predicted molar refractivity (Wildman–Crippen MR) is 91.9 cm³/mol. The fourth-order valence-corrected chi connectivity index (χ4v) is 2.32. The molecule has 0 radical (unpaired) electrons. The third kappa shape index (κ3) is 4.38. The zero-order valence-electron chi connectivity index (χ0n) is 14.9. The number of anilines is 1. The summed E-state index contributed by atoms with van der Waals surface area (Å²) >= 11 is 0. The number of carbonyl (C=O) groups is 2. The van der Waals surface area contributed by atoms with Gasteiger partial charge in [-0.25, -0.2) is 14.2 Å². The summed E-state index contributed by atoms with van der Waals surface area (Å²) in [5.41, 5.74) is -3.98. The molecule has 1 aromatic heterocycles. The van der Waals surface area contributed by atoms with Gasteiger partial charge < -0.3 is 15.4 Å². The second-order valence-corrected chi connectivity index (χ2v) is 5.69. The van der Waals surface area contributed by atoms with Crippen molar-refractivity contribution in [1.29, 1.82) is 0 Å². The molecule has 1 heterocycles. The number of pyridine rings is 1. The minimum Gasteiger partial charge on any atom is -0.463 e. The molecule has 0 aliphatic carbocycles. The number of rotatable bonds is 6. The van der Waals surface area contributed by atoms with Crippen LogP contribution in [0.25, 0.3) is 0 Å². The summed E-state index contributed by atoms with van der Waals surface area (Å²) in [7, 11) is 0. The van der Waals surface area contributed by atoms with Crippen LogP contribution in [-0.4, -0.2) is 35.3 Å². The molecule has 0 fully saturated rings. The van der Waals surface area contributed by atoms with Crippen LogP contribution in [-0.2, 0) is 9.53 Å². The first kappa shape index (κ1) is 21.1. The molecule has 2 aromatic rings. The molecular weight excluding hydrogens is 382 g/mol.